The summed E-state index contributed by atoms with van der Waals surface area (Å²) in [4.78, 5) is 19.6. The van der Waals surface area contributed by atoms with Crippen molar-refractivity contribution in [3.8, 4) is 0 Å². The summed E-state index contributed by atoms with van der Waals surface area (Å²) in [6.45, 7) is 0.941. The molecular formula is C13H15N3O. The number of pyridine rings is 1. The van der Waals surface area contributed by atoms with Gasteiger partial charge in [0.05, 0.1) is 6.04 Å². The van der Waals surface area contributed by atoms with Gasteiger partial charge in [0, 0.05) is 23.3 Å². The lowest BCUT2D eigenvalue weighted by atomic mass is 9.96. The molecule has 2 N–H and O–H groups in total. The zero-order valence-corrected chi connectivity index (χ0v) is 9.57. The third-order valence-corrected chi connectivity index (χ3v) is 3.34. The Kier molecular flexibility index (Phi) is 2.65. The van der Waals surface area contributed by atoms with Crippen LogP contribution in [0.15, 0.2) is 24.5 Å². The van der Waals surface area contributed by atoms with Crippen LogP contribution in [0.1, 0.15) is 29.6 Å². The number of aromatic nitrogens is 2. The molecule has 1 aliphatic heterocycles. The van der Waals surface area contributed by atoms with Crippen molar-refractivity contribution in [2.45, 2.75) is 25.3 Å². The predicted octanol–water partition coefficient (Wildman–Crippen LogP) is 1.89. The highest BCUT2D eigenvalue weighted by Gasteiger charge is 2.23. The second-order valence-corrected chi connectivity index (χ2v) is 4.47. The molecule has 1 saturated heterocycles. The van der Waals surface area contributed by atoms with Crippen molar-refractivity contribution in [1.29, 1.82) is 0 Å². The molecule has 4 heteroatoms. The van der Waals surface area contributed by atoms with Crippen LogP contribution in [0.5, 0.6) is 0 Å². The number of Topliss-reactive ketones (excluding diaryl/α,β-unsaturated/α-hetero) is 1. The van der Waals surface area contributed by atoms with Crippen molar-refractivity contribution in [2.24, 2.45) is 0 Å². The largest absolute Gasteiger partial charge is 0.345 e. The van der Waals surface area contributed by atoms with Crippen molar-refractivity contribution >= 4 is 16.8 Å². The van der Waals surface area contributed by atoms with Crippen LogP contribution in [0.25, 0.3) is 11.0 Å². The highest BCUT2D eigenvalue weighted by molar-refractivity contribution is 6.09. The Morgan fingerprint density at radius 3 is 3.18 bits per heavy atom. The number of aromatic amines is 1. The van der Waals surface area contributed by atoms with Crippen molar-refractivity contribution in [3.05, 3.63) is 30.1 Å². The first-order valence-electron chi connectivity index (χ1n) is 6.06. The standard InChI is InChI=1S/C13H15N3O/c17-12(11-5-1-2-6-14-11)10-8-16-13-9(10)4-3-7-15-13/h3-4,7-8,11,14H,1-2,5-6H2,(H,15,16). The van der Waals surface area contributed by atoms with Gasteiger partial charge in [0.2, 0.25) is 0 Å². The number of hydrogen-bond donors (Lipinski definition) is 2. The van der Waals surface area contributed by atoms with Crippen molar-refractivity contribution in [3.63, 3.8) is 0 Å². The van der Waals surface area contributed by atoms with Crippen molar-refractivity contribution < 1.29 is 4.79 Å². The van der Waals surface area contributed by atoms with Gasteiger partial charge in [0.25, 0.3) is 0 Å². The molecule has 2 aromatic heterocycles. The van der Waals surface area contributed by atoms with Gasteiger partial charge in [-0.3, -0.25) is 4.79 Å². The fourth-order valence-corrected chi connectivity index (χ4v) is 2.42. The lowest BCUT2D eigenvalue weighted by molar-refractivity contribution is 0.0929. The number of carbonyl (C=O) groups excluding carboxylic acids is 1. The van der Waals surface area contributed by atoms with Crippen LogP contribution < -0.4 is 5.32 Å². The van der Waals surface area contributed by atoms with Crippen LogP contribution >= 0.6 is 0 Å². The van der Waals surface area contributed by atoms with E-state index in [1.54, 1.807) is 12.4 Å². The molecule has 3 rings (SSSR count). The van der Waals surface area contributed by atoms with E-state index in [0.29, 0.717) is 0 Å². The zero-order valence-electron chi connectivity index (χ0n) is 9.57. The Morgan fingerprint density at radius 2 is 2.35 bits per heavy atom. The van der Waals surface area contributed by atoms with E-state index in [1.807, 2.05) is 12.1 Å². The Bertz CT molecular complexity index is 540. The van der Waals surface area contributed by atoms with Gasteiger partial charge < -0.3 is 10.3 Å². The molecule has 1 aliphatic rings. The third kappa shape index (κ3) is 1.85. The molecule has 1 unspecified atom stereocenters. The second kappa shape index (κ2) is 4.30. The number of nitrogens with one attached hydrogen (secondary N) is 2. The fraction of sp³-hybridized carbons (Fsp3) is 0.385. The minimum Gasteiger partial charge on any atom is -0.345 e. The number of fused-ring (bicyclic) bond motifs is 1. The normalized spacial score (nSPS) is 20.6. The summed E-state index contributed by atoms with van der Waals surface area (Å²) in [5, 5.41) is 4.21. The number of rotatable bonds is 2. The van der Waals surface area contributed by atoms with Crippen molar-refractivity contribution in [1.82, 2.24) is 15.3 Å². The molecule has 4 nitrogen and oxygen atoms in total. The number of hydrogen-bond acceptors (Lipinski definition) is 3. The first kappa shape index (κ1) is 10.5. The Balaban J connectivity index is 1.95. The van der Waals surface area contributed by atoms with E-state index in [1.165, 1.54) is 6.42 Å². The van der Waals surface area contributed by atoms with Crippen LogP contribution in [0, 0.1) is 0 Å². The molecule has 0 bridgehead atoms. The van der Waals surface area contributed by atoms with Crippen LogP contribution in [0.2, 0.25) is 0 Å². The number of nitrogens with zero attached hydrogens (tertiary/aromatic N) is 1. The minimum atomic E-state index is -0.0250. The van der Waals surface area contributed by atoms with Gasteiger partial charge in [-0.05, 0) is 31.5 Å². The topological polar surface area (TPSA) is 57.8 Å². The van der Waals surface area contributed by atoms with E-state index in [0.717, 1.165) is 36.0 Å². The van der Waals surface area contributed by atoms with Gasteiger partial charge in [-0.25, -0.2) is 4.98 Å². The Labute approximate surface area is 99.4 Å². The number of carbonyl (C=O) groups is 1. The Morgan fingerprint density at radius 1 is 1.41 bits per heavy atom. The van der Waals surface area contributed by atoms with Crippen LogP contribution in [0.4, 0.5) is 0 Å². The average molecular weight is 229 g/mol. The molecule has 88 valence electrons. The van der Waals surface area contributed by atoms with E-state index >= 15 is 0 Å². The predicted molar refractivity (Wildman–Crippen MR) is 66.1 cm³/mol. The highest BCUT2D eigenvalue weighted by atomic mass is 16.1. The lowest BCUT2D eigenvalue weighted by Gasteiger charge is -2.21. The minimum absolute atomic E-state index is 0.0250. The van der Waals surface area contributed by atoms with Crippen LogP contribution in [-0.2, 0) is 0 Å². The summed E-state index contributed by atoms with van der Waals surface area (Å²) in [7, 11) is 0. The fourth-order valence-electron chi connectivity index (χ4n) is 2.42. The average Bonchev–Trinajstić information content (AvgIpc) is 2.83. The number of ketones is 1. The molecule has 2 aromatic rings. The lowest BCUT2D eigenvalue weighted by Crippen LogP contribution is -2.40. The molecule has 0 saturated carbocycles. The van der Waals surface area contributed by atoms with E-state index in [-0.39, 0.29) is 11.8 Å². The summed E-state index contributed by atoms with van der Waals surface area (Å²) >= 11 is 0. The van der Waals surface area contributed by atoms with Gasteiger partial charge in [0.15, 0.2) is 5.78 Å². The van der Waals surface area contributed by atoms with Gasteiger partial charge in [-0.2, -0.15) is 0 Å². The highest BCUT2D eigenvalue weighted by Crippen LogP contribution is 2.20. The SMILES string of the molecule is O=C(c1c[nH]c2ncccc12)C1CCCCN1. The summed E-state index contributed by atoms with van der Waals surface area (Å²) in [6, 6.07) is 3.78. The smallest absolute Gasteiger partial charge is 0.181 e. The van der Waals surface area contributed by atoms with Crippen LogP contribution in [0.3, 0.4) is 0 Å². The van der Waals surface area contributed by atoms with Gasteiger partial charge in [0.1, 0.15) is 5.65 Å². The molecule has 1 fully saturated rings. The number of H-pyrrole nitrogens is 1. The van der Waals surface area contributed by atoms with Gasteiger partial charge in [-0.15, -0.1) is 0 Å². The third-order valence-electron chi connectivity index (χ3n) is 3.34. The van der Waals surface area contributed by atoms with Gasteiger partial charge >= 0.3 is 0 Å². The quantitative estimate of drug-likeness (QED) is 0.773. The van der Waals surface area contributed by atoms with E-state index < -0.39 is 0 Å². The second-order valence-electron chi connectivity index (χ2n) is 4.47. The monoisotopic (exact) mass is 229 g/mol. The maximum atomic E-state index is 12.4. The van der Waals surface area contributed by atoms with Gasteiger partial charge in [-0.1, -0.05) is 6.42 Å². The molecule has 0 aromatic carbocycles. The van der Waals surface area contributed by atoms with Crippen LogP contribution in [-0.4, -0.2) is 28.3 Å². The summed E-state index contributed by atoms with van der Waals surface area (Å²) in [6.07, 6.45) is 6.73. The summed E-state index contributed by atoms with van der Waals surface area (Å²) < 4.78 is 0. The molecule has 0 radical (unpaired) electrons. The molecule has 0 aliphatic carbocycles. The summed E-state index contributed by atoms with van der Waals surface area (Å²) in [5.74, 6) is 0.184. The first-order chi connectivity index (χ1) is 8.36. The molecule has 0 spiro atoms. The zero-order chi connectivity index (χ0) is 11.7. The van der Waals surface area contributed by atoms with Crippen molar-refractivity contribution in [2.75, 3.05) is 6.54 Å². The van der Waals surface area contributed by atoms with E-state index in [2.05, 4.69) is 15.3 Å². The maximum Gasteiger partial charge on any atom is 0.181 e. The first-order valence-corrected chi connectivity index (χ1v) is 6.06. The molecule has 1 atom stereocenters. The summed E-state index contributed by atoms with van der Waals surface area (Å²) in [5.41, 5.74) is 1.54. The molecular weight excluding hydrogens is 214 g/mol. The van der Waals surface area contributed by atoms with E-state index in [9.17, 15) is 4.79 Å². The van der Waals surface area contributed by atoms with E-state index in [4.69, 9.17) is 0 Å². The molecule has 3 heterocycles. The molecule has 0 amide bonds. The Hall–Kier alpha value is -1.68. The molecule has 17 heavy (non-hydrogen) atoms. The maximum absolute atomic E-state index is 12.4. The number of piperidine rings is 1.